The first-order valence-electron chi connectivity index (χ1n) is 9.08. The molecule has 1 fully saturated rings. The molecule has 1 N–H and O–H groups in total. The van der Waals surface area contributed by atoms with Gasteiger partial charge in [-0.15, -0.1) is 0 Å². The van der Waals surface area contributed by atoms with Crippen LogP contribution in [-0.2, 0) is 0 Å². The minimum Gasteiger partial charge on any atom is -0.362 e. The quantitative estimate of drug-likeness (QED) is 0.589. The van der Waals surface area contributed by atoms with Gasteiger partial charge < -0.3 is 20.0 Å². The number of urea groups is 1. The number of anilines is 1. The van der Waals surface area contributed by atoms with Crippen LogP contribution in [0.25, 0.3) is 0 Å². The summed E-state index contributed by atoms with van der Waals surface area (Å²) in [5.74, 6) is 0.433. The van der Waals surface area contributed by atoms with Gasteiger partial charge in [0.15, 0.2) is 0 Å². The summed E-state index contributed by atoms with van der Waals surface area (Å²) < 4.78 is 0. The molecule has 150 valence electrons. The van der Waals surface area contributed by atoms with E-state index in [1.165, 1.54) is 6.07 Å². The molecule has 1 atom stereocenters. The maximum Gasteiger partial charge on any atom is 0.317 e. The number of carbonyl (C=O) groups excluding carboxylic acids is 1. The number of piperazine rings is 1. The summed E-state index contributed by atoms with van der Waals surface area (Å²) in [5, 5.41) is 14.6. The SMILES string of the molecule is CC(C)[C@H](CNC(=O)N1CCN(c2ccc(Cl)cc2[N+](=O)[O-])CC1)N(C)C. The highest BCUT2D eigenvalue weighted by Crippen LogP contribution is 2.31. The average Bonchev–Trinajstić information content (AvgIpc) is 2.61. The van der Waals surface area contributed by atoms with Crippen molar-refractivity contribution < 1.29 is 9.72 Å². The van der Waals surface area contributed by atoms with Crippen LogP contribution in [0.4, 0.5) is 16.2 Å². The molecule has 1 aliphatic rings. The lowest BCUT2D eigenvalue weighted by atomic mass is 10.0. The van der Waals surface area contributed by atoms with E-state index in [1.807, 2.05) is 19.0 Å². The van der Waals surface area contributed by atoms with Crippen molar-refractivity contribution in [3.8, 4) is 0 Å². The van der Waals surface area contributed by atoms with Gasteiger partial charge in [0, 0.05) is 49.9 Å². The zero-order chi connectivity index (χ0) is 20.1. The van der Waals surface area contributed by atoms with Gasteiger partial charge in [-0.25, -0.2) is 4.79 Å². The van der Waals surface area contributed by atoms with Crippen LogP contribution in [0.5, 0.6) is 0 Å². The molecule has 1 aromatic carbocycles. The van der Waals surface area contributed by atoms with Crippen molar-refractivity contribution in [2.45, 2.75) is 19.9 Å². The Bertz CT molecular complexity index is 667. The Morgan fingerprint density at radius 1 is 1.30 bits per heavy atom. The molecular weight excluding hydrogens is 370 g/mol. The number of nitro groups is 1. The predicted octanol–water partition coefficient (Wildman–Crippen LogP) is 2.67. The number of amides is 2. The molecular formula is C18H28ClN5O3. The molecule has 9 heteroatoms. The van der Waals surface area contributed by atoms with Crippen molar-refractivity contribution >= 4 is 29.0 Å². The number of carbonyl (C=O) groups is 1. The van der Waals surface area contributed by atoms with Gasteiger partial charge >= 0.3 is 6.03 Å². The van der Waals surface area contributed by atoms with Gasteiger partial charge in [-0.3, -0.25) is 10.1 Å². The van der Waals surface area contributed by atoms with Gasteiger partial charge in [0.05, 0.1) is 4.92 Å². The number of hydrogen-bond donors (Lipinski definition) is 1. The smallest absolute Gasteiger partial charge is 0.317 e. The third kappa shape index (κ3) is 5.46. The second kappa shape index (κ2) is 9.23. The highest BCUT2D eigenvalue weighted by Gasteiger charge is 2.26. The normalized spacial score (nSPS) is 16.0. The van der Waals surface area contributed by atoms with E-state index in [9.17, 15) is 14.9 Å². The first-order chi connectivity index (χ1) is 12.7. The molecule has 1 aliphatic heterocycles. The maximum atomic E-state index is 12.5. The average molecular weight is 398 g/mol. The van der Waals surface area contributed by atoms with Crippen molar-refractivity contribution in [3.63, 3.8) is 0 Å². The van der Waals surface area contributed by atoms with Crippen molar-refractivity contribution in [1.29, 1.82) is 0 Å². The van der Waals surface area contributed by atoms with Crippen LogP contribution in [0, 0.1) is 16.0 Å². The predicted molar refractivity (Wildman–Crippen MR) is 108 cm³/mol. The summed E-state index contributed by atoms with van der Waals surface area (Å²) in [5.41, 5.74) is 0.531. The van der Waals surface area contributed by atoms with E-state index in [0.29, 0.717) is 49.4 Å². The van der Waals surface area contributed by atoms with E-state index in [0.717, 1.165) is 0 Å². The molecule has 0 radical (unpaired) electrons. The number of nitro benzene ring substituents is 1. The zero-order valence-electron chi connectivity index (χ0n) is 16.3. The van der Waals surface area contributed by atoms with Crippen LogP contribution in [0.3, 0.4) is 0 Å². The van der Waals surface area contributed by atoms with Gasteiger partial charge in [0.25, 0.3) is 5.69 Å². The number of rotatable bonds is 6. The van der Waals surface area contributed by atoms with E-state index in [2.05, 4.69) is 24.1 Å². The van der Waals surface area contributed by atoms with Gasteiger partial charge in [0.2, 0.25) is 0 Å². The van der Waals surface area contributed by atoms with Crippen LogP contribution in [0.1, 0.15) is 13.8 Å². The van der Waals surface area contributed by atoms with Gasteiger partial charge in [-0.05, 0) is 32.1 Å². The van der Waals surface area contributed by atoms with Crippen molar-refractivity contribution in [3.05, 3.63) is 33.3 Å². The van der Waals surface area contributed by atoms with Gasteiger partial charge in [-0.1, -0.05) is 25.4 Å². The van der Waals surface area contributed by atoms with Crippen molar-refractivity contribution in [2.75, 3.05) is 51.7 Å². The summed E-state index contributed by atoms with van der Waals surface area (Å²) in [6, 6.07) is 4.86. The van der Waals surface area contributed by atoms with E-state index in [4.69, 9.17) is 11.6 Å². The lowest BCUT2D eigenvalue weighted by molar-refractivity contribution is -0.384. The minimum absolute atomic E-state index is 0.00819. The Labute approximate surface area is 165 Å². The lowest BCUT2D eigenvalue weighted by Gasteiger charge is -2.36. The van der Waals surface area contributed by atoms with E-state index in [1.54, 1.807) is 17.0 Å². The summed E-state index contributed by atoms with van der Waals surface area (Å²) in [4.78, 5) is 29.1. The molecule has 8 nitrogen and oxygen atoms in total. The Morgan fingerprint density at radius 3 is 2.44 bits per heavy atom. The highest BCUT2D eigenvalue weighted by atomic mass is 35.5. The fourth-order valence-corrected chi connectivity index (χ4v) is 3.55. The van der Waals surface area contributed by atoms with Crippen LogP contribution >= 0.6 is 11.6 Å². The van der Waals surface area contributed by atoms with Gasteiger partial charge in [-0.2, -0.15) is 0 Å². The minimum atomic E-state index is -0.423. The number of benzene rings is 1. The Balaban J connectivity index is 1.94. The lowest BCUT2D eigenvalue weighted by Crippen LogP contribution is -2.54. The van der Waals surface area contributed by atoms with Crippen molar-refractivity contribution in [2.24, 2.45) is 5.92 Å². The second-order valence-corrected chi connectivity index (χ2v) is 7.76. The third-order valence-corrected chi connectivity index (χ3v) is 5.17. The monoisotopic (exact) mass is 397 g/mol. The van der Waals surface area contributed by atoms with E-state index < -0.39 is 4.92 Å². The Morgan fingerprint density at radius 2 is 1.93 bits per heavy atom. The third-order valence-electron chi connectivity index (χ3n) is 4.94. The number of halogens is 1. The number of likely N-dealkylation sites (N-methyl/N-ethyl adjacent to an activating group) is 1. The number of hydrogen-bond acceptors (Lipinski definition) is 5. The fourth-order valence-electron chi connectivity index (χ4n) is 3.38. The van der Waals surface area contributed by atoms with Gasteiger partial charge in [0.1, 0.15) is 5.69 Å². The largest absolute Gasteiger partial charge is 0.362 e. The fraction of sp³-hybridized carbons (Fsp3) is 0.611. The van der Waals surface area contributed by atoms with Crippen LogP contribution in [0.2, 0.25) is 5.02 Å². The molecule has 0 unspecified atom stereocenters. The summed E-state index contributed by atoms with van der Waals surface area (Å²) in [7, 11) is 4.02. The zero-order valence-corrected chi connectivity index (χ0v) is 17.1. The second-order valence-electron chi connectivity index (χ2n) is 7.33. The molecule has 1 heterocycles. The summed E-state index contributed by atoms with van der Waals surface area (Å²) >= 11 is 5.88. The summed E-state index contributed by atoms with van der Waals surface area (Å²) in [6.07, 6.45) is 0. The molecule has 1 saturated heterocycles. The molecule has 27 heavy (non-hydrogen) atoms. The first kappa shape index (κ1) is 21.2. The molecule has 0 saturated carbocycles. The molecule has 2 amide bonds. The van der Waals surface area contributed by atoms with E-state index >= 15 is 0 Å². The first-order valence-corrected chi connectivity index (χ1v) is 9.46. The molecule has 1 aromatic rings. The highest BCUT2D eigenvalue weighted by molar-refractivity contribution is 6.30. The number of nitrogens with zero attached hydrogens (tertiary/aromatic N) is 4. The Kier molecular flexibility index (Phi) is 7.26. The van der Waals surface area contributed by atoms with Crippen molar-refractivity contribution in [1.82, 2.24) is 15.1 Å². The molecule has 0 aromatic heterocycles. The Hall–Kier alpha value is -2.06. The molecule has 0 aliphatic carbocycles. The number of nitrogens with one attached hydrogen (secondary N) is 1. The van der Waals surface area contributed by atoms with Crippen LogP contribution in [0.15, 0.2) is 18.2 Å². The van der Waals surface area contributed by atoms with Crippen LogP contribution < -0.4 is 10.2 Å². The maximum absolute atomic E-state index is 12.5. The molecule has 0 bridgehead atoms. The molecule has 2 rings (SSSR count). The topological polar surface area (TPSA) is 82.0 Å². The summed E-state index contributed by atoms with van der Waals surface area (Å²) in [6.45, 7) is 6.96. The molecule has 0 spiro atoms. The van der Waals surface area contributed by atoms with Crippen LogP contribution in [-0.4, -0.2) is 73.6 Å². The van der Waals surface area contributed by atoms with E-state index in [-0.39, 0.29) is 17.8 Å². The standard InChI is InChI=1S/C18H28ClN5O3/c1-13(2)17(21(3)4)12-20-18(25)23-9-7-22(8-10-23)15-6-5-14(19)11-16(15)24(26)27/h5-6,11,13,17H,7-10,12H2,1-4H3,(H,20,25)/t17-/m0/s1.